The standard InChI is InChI=1S/C30H30N4O5/c1-33-16-14-23(15-17-33)34(39-2)29(36)20-8-11-22(12-9-20)31-27(19-6-4-3-5-7-19)26-24-13-10-21(30(37)38)18-25(24)32-28(26)35/h3-13,18,23,31H,14-17H2,1-2H3,(H,32,35)(H,37,38)/b27-26-. The van der Waals surface area contributed by atoms with Gasteiger partial charge in [0, 0.05) is 16.8 Å². The average molecular weight is 527 g/mol. The van der Waals surface area contributed by atoms with Gasteiger partial charge in [0.25, 0.3) is 11.8 Å². The van der Waals surface area contributed by atoms with Crippen molar-refractivity contribution >= 4 is 40.4 Å². The molecule has 5 rings (SSSR count). The van der Waals surface area contributed by atoms with E-state index >= 15 is 0 Å². The van der Waals surface area contributed by atoms with Crippen molar-refractivity contribution in [1.82, 2.24) is 9.96 Å². The van der Waals surface area contributed by atoms with Crippen LogP contribution in [0.3, 0.4) is 0 Å². The lowest BCUT2D eigenvalue weighted by Gasteiger charge is -2.35. The number of hydrogen-bond donors (Lipinski definition) is 3. The van der Waals surface area contributed by atoms with E-state index in [0.29, 0.717) is 33.8 Å². The fraction of sp³-hybridized carbons (Fsp3) is 0.233. The Bertz CT molecular complexity index is 1430. The van der Waals surface area contributed by atoms with Crippen molar-refractivity contribution in [3.05, 3.63) is 95.1 Å². The Morgan fingerprint density at radius 1 is 0.974 bits per heavy atom. The average Bonchev–Trinajstić information content (AvgIpc) is 3.28. The molecule has 0 aromatic heterocycles. The number of aromatic carboxylic acids is 1. The quantitative estimate of drug-likeness (QED) is 0.309. The Morgan fingerprint density at radius 3 is 2.28 bits per heavy atom. The smallest absolute Gasteiger partial charge is 0.335 e. The molecule has 0 aliphatic carbocycles. The van der Waals surface area contributed by atoms with E-state index in [4.69, 9.17) is 4.84 Å². The van der Waals surface area contributed by atoms with E-state index in [0.717, 1.165) is 31.5 Å². The van der Waals surface area contributed by atoms with Gasteiger partial charge in [0.2, 0.25) is 0 Å². The van der Waals surface area contributed by atoms with Crippen LogP contribution < -0.4 is 10.6 Å². The van der Waals surface area contributed by atoms with Crippen LogP contribution in [0.4, 0.5) is 11.4 Å². The summed E-state index contributed by atoms with van der Waals surface area (Å²) in [7, 11) is 3.59. The number of likely N-dealkylation sites (tertiary alicyclic amines) is 1. The van der Waals surface area contributed by atoms with Crippen molar-refractivity contribution in [2.24, 2.45) is 0 Å². The minimum Gasteiger partial charge on any atom is -0.478 e. The molecule has 2 heterocycles. The Balaban J connectivity index is 1.45. The number of anilines is 2. The lowest BCUT2D eigenvalue weighted by atomic mass is 9.99. The van der Waals surface area contributed by atoms with Crippen molar-refractivity contribution in [1.29, 1.82) is 0 Å². The number of carboxylic acid groups (broad SMARTS) is 1. The van der Waals surface area contributed by atoms with E-state index in [1.807, 2.05) is 30.3 Å². The molecular formula is C30H30N4O5. The van der Waals surface area contributed by atoms with Crippen LogP contribution in [0.1, 0.15) is 44.7 Å². The first-order valence-electron chi connectivity index (χ1n) is 12.8. The zero-order chi connectivity index (χ0) is 27.5. The topological polar surface area (TPSA) is 111 Å². The van der Waals surface area contributed by atoms with Gasteiger partial charge in [-0.15, -0.1) is 0 Å². The van der Waals surface area contributed by atoms with Crippen molar-refractivity contribution in [2.75, 3.05) is 37.9 Å². The zero-order valence-electron chi connectivity index (χ0n) is 21.8. The van der Waals surface area contributed by atoms with Crippen LogP contribution in [0, 0.1) is 0 Å². The maximum atomic E-state index is 13.2. The van der Waals surface area contributed by atoms with Crippen LogP contribution in [0.25, 0.3) is 11.3 Å². The molecule has 39 heavy (non-hydrogen) atoms. The van der Waals surface area contributed by atoms with Crippen molar-refractivity contribution in [2.45, 2.75) is 18.9 Å². The summed E-state index contributed by atoms with van der Waals surface area (Å²) >= 11 is 0. The zero-order valence-corrected chi connectivity index (χ0v) is 21.8. The highest BCUT2D eigenvalue weighted by molar-refractivity contribution is 6.37. The van der Waals surface area contributed by atoms with Gasteiger partial charge in [0.05, 0.1) is 35.7 Å². The van der Waals surface area contributed by atoms with Crippen LogP contribution in [0.15, 0.2) is 72.8 Å². The van der Waals surface area contributed by atoms with Gasteiger partial charge >= 0.3 is 5.97 Å². The molecule has 2 aliphatic rings. The Morgan fingerprint density at radius 2 is 1.64 bits per heavy atom. The minimum absolute atomic E-state index is 0.0218. The molecular weight excluding hydrogens is 496 g/mol. The van der Waals surface area contributed by atoms with Gasteiger partial charge in [-0.2, -0.15) is 0 Å². The molecule has 3 aromatic rings. The van der Waals surface area contributed by atoms with Gasteiger partial charge in [-0.1, -0.05) is 36.4 Å². The third-order valence-electron chi connectivity index (χ3n) is 7.14. The Kier molecular flexibility index (Phi) is 7.44. The molecule has 0 radical (unpaired) electrons. The monoisotopic (exact) mass is 526 g/mol. The number of hydrogen-bond acceptors (Lipinski definition) is 6. The molecule has 2 aliphatic heterocycles. The number of rotatable bonds is 7. The molecule has 0 bridgehead atoms. The van der Waals surface area contributed by atoms with E-state index in [9.17, 15) is 19.5 Å². The van der Waals surface area contributed by atoms with E-state index in [2.05, 4.69) is 22.6 Å². The Labute approximate surface area is 226 Å². The maximum Gasteiger partial charge on any atom is 0.335 e. The second-order valence-electron chi connectivity index (χ2n) is 9.69. The molecule has 0 unspecified atom stereocenters. The number of nitrogens with one attached hydrogen (secondary N) is 2. The normalized spacial score (nSPS) is 16.8. The van der Waals surface area contributed by atoms with E-state index in [1.54, 1.807) is 30.3 Å². The van der Waals surface area contributed by atoms with Gasteiger partial charge in [-0.05, 0) is 74.9 Å². The van der Waals surface area contributed by atoms with Gasteiger partial charge in [-0.25, -0.2) is 9.86 Å². The number of carboxylic acids is 1. The van der Waals surface area contributed by atoms with Crippen LogP contribution >= 0.6 is 0 Å². The first-order valence-corrected chi connectivity index (χ1v) is 12.8. The summed E-state index contributed by atoms with van der Waals surface area (Å²) < 4.78 is 0. The second kappa shape index (κ2) is 11.1. The summed E-state index contributed by atoms with van der Waals surface area (Å²) in [4.78, 5) is 45.5. The summed E-state index contributed by atoms with van der Waals surface area (Å²) in [6.07, 6.45) is 1.70. The predicted molar refractivity (Wildman–Crippen MR) is 149 cm³/mol. The molecule has 1 fully saturated rings. The number of amides is 2. The fourth-order valence-corrected chi connectivity index (χ4v) is 5.03. The maximum absolute atomic E-state index is 13.2. The van der Waals surface area contributed by atoms with E-state index in [-0.39, 0.29) is 23.4 Å². The highest BCUT2D eigenvalue weighted by Crippen LogP contribution is 2.38. The van der Waals surface area contributed by atoms with Crippen LogP contribution in [-0.4, -0.2) is 66.1 Å². The second-order valence-corrected chi connectivity index (χ2v) is 9.69. The number of piperidine rings is 1. The highest BCUT2D eigenvalue weighted by Gasteiger charge is 2.30. The number of hydroxylamine groups is 2. The van der Waals surface area contributed by atoms with Crippen LogP contribution in [0.2, 0.25) is 0 Å². The van der Waals surface area contributed by atoms with Gasteiger partial charge in [-0.3, -0.25) is 14.4 Å². The molecule has 0 saturated carbocycles. The largest absolute Gasteiger partial charge is 0.478 e. The van der Waals surface area contributed by atoms with Crippen molar-refractivity contribution < 1.29 is 24.3 Å². The molecule has 1 saturated heterocycles. The molecule has 200 valence electrons. The molecule has 0 spiro atoms. The molecule has 2 amide bonds. The minimum atomic E-state index is -1.07. The molecule has 9 heteroatoms. The fourth-order valence-electron chi connectivity index (χ4n) is 5.03. The summed E-state index contributed by atoms with van der Waals surface area (Å²) in [6.45, 7) is 1.82. The van der Waals surface area contributed by atoms with E-state index < -0.39 is 5.97 Å². The van der Waals surface area contributed by atoms with E-state index in [1.165, 1.54) is 24.3 Å². The van der Waals surface area contributed by atoms with Crippen LogP contribution in [-0.2, 0) is 9.63 Å². The summed E-state index contributed by atoms with van der Waals surface area (Å²) in [5, 5.41) is 17.0. The van der Waals surface area contributed by atoms with Crippen molar-refractivity contribution in [3.63, 3.8) is 0 Å². The molecule has 0 atom stereocenters. The highest BCUT2D eigenvalue weighted by atomic mass is 16.7. The number of fused-ring (bicyclic) bond motifs is 1. The molecule has 3 N–H and O–H groups in total. The lowest BCUT2D eigenvalue weighted by molar-refractivity contribution is -0.132. The van der Waals surface area contributed by atoms with Gasteiger partial charge < -0.3 is 20.6 Å². The third kappa shape index (κ3) is 5.41. The number of carbonyl (C=O) groups excluding carboxylic acids is 2. The summed E-state index contributed by atoms with van der Waals surface area (Å²) in [6, 6.07) is 21.1. The summed E-state index contributed by atoms with van der Waals surface area (Å²) in [5.74, 6) is -1.60. The molecule has 9 nitrogen and oxygen atoms in total. The SMILES string of the molecule is CON(C(=O)c1ccc(N/C(=C2\C(=O)Nc3cc(C(=O)O)ccc32)c2ccccc2)cc1)C1CCN(C)CC1. The predicted octanol–water partition coefficient (Wildman–Crippen LogP) is 4.42. The summed E-state index contributed by atoms with van der Waals surface area (Å²) in [5.41, 5.74) is 4.09. The van der Waals surface area contributed by atoms with Gasteiger partial charge in [0.1, 0.15) is 0 Å². The lowest BCUT2D eigenvalue weighted by Crippen LogP contribution is -2.46. The first-order chi connectivity index (χ1) is 18.9. The van der Waals surface area contributed by atoms with Gasteiger partial charge in [0.15, 0.2) is 0 Å². The first kappa shape index (κ1) is 26.1. The Hall–Kier alpha value is -4.47. The number of benzene rings is 3. The molecule has 3 aromatic carbocycles. The van der Waals surface area contributed by atoms with Crippen LogP contribution in [0.5, 0.6) is 0 Å². The number of carbonyl (C=O) groups is 3. The van der Waals surface area contributed by atoms with Crippen molar-refractivity contribution in [3.8, 4) is 0 Å². The third-order valence-corrected chi connectivity index (χ3v) is 7.14. The number of nitrogens with zero attached hydrogens (tertiary/aromatic N) is 2.